The predicted molar refractivity (Wildman–Crippen MR) is 172 cm³/mol. The summed E-state index contributed by atoms with van der Waals surface area (Å²) in [6.07, 6.45) is -1.19. The van der Waals surface area contributed by atoms with Crippen molar-refractivity contribution in [3.05, 3.63) is 96.1 Å². The third kappa shape index (κ3) is 11.7. The number of nitrogens with one attached hydrogen (secondary N) is 3. The number of hydrogen-bond donors (Lipinski definition) is 4. The molecule has 5 N–H and O–H groups in total. The van der Waals surface area contributed by atoms with E-state index in [2.05, 4.69) is 16.0 Å². The molecular formula is C34H39ClN4O6. The van der Waals surface area contributed by atoms with Crippen LogP contribution in [0, 0.1) is 0 Å². The molecule has 0 bridgehead atoms. The van der Waals surface area contributed by atoms with Crippen LogP contribution in [0.25, 0.3) is 11.1 Å². The van der Waals surface area contributed by atoms with Gasteiger partial charge in [-0.2, -0.15) is 0 Å². The third-order valence-electron chi connectivity index (χ3n) is 6.67. The molecule has 0 fully saturated rings. The molecule has 3 atom stereocenters. The molecule has 0 unspecified atom stereocenters. The van der Waals surface area contributed by atoms with Crippen molar-refractivity contribution in [2.24, 2.45) is 5.73 Å². The van der Waals surface area contributed by atoms with E-state index in [4.69, 9.17) is 22.1 Å². The first-order valence-electron chi connectivity index (χ1n) is 14.5. The van der Waals surface area contributed by atoms with Crippen molar-refractivity contribution in [3.8, 4) is 11.1 Å². The van der Waals surface area contributed by atoms with Gasteiger partial charge in [-0.15, -0.1) is 11.6 Å². The number of benzene rings is 3. The van der Waals surface area contributed by atoms with Crippen LogP contribution in [0.4, 0.5) is 4.79 Å². The first-order valence-corrected chi connectivity index (χ1v) is 15.0. The molecule has 3 aromatic carbocycles. The minimum absolute atomic E-state index is 0.0480. The molecule has 4 amide bonds. The van der Waals surface area contributed by atoms with E-state index in [1.165, 1.54) is 0 Å². The fourth-order valence-electron chi connectivity index (χ4n) is 4.50. The van der Waals surface area contributed by atoms with Crippen molar-refractivity contribution in [3.63, 3.8) is 0 Å². The number of hydrogen-bond acceptors (Lipinski definition) is 6. The first kappa shape index (κ1) is 34.8. The Kier molecular flexibility index (Phi) is 12.7. The van der Waals surface area contributed by atoms with Gasteiger partial charge in [0.05, 0.1) is 18.3 Å². The molecule has 45 heavy (non-hydrogen) atoms. The van der Waals surface area contributed by atoms with Crippen molar-refractivity contribution in [2.75, 3.05) is 5.88 Å². The van der Waals surface area contributed by atoms with Gasteiger partial charge in [-0.1, -0.05) is 84.9 Å². The van der Waals surface area contributed by atoms with E-state index in [0.29, 0.717) is 0 Å². The van der Waals surface area contributed by atoms with E-state index < -0.39 is 59.7 Å². The summed E-state index contributed by atoms with van der Waals surface area (Å²) in [7, 11) is 0. The summed E-state index contributed by atoms with van der Waals surface area (Å²) >= 11 is 5.81. The monoisotopic (exact) mass is 634 g/mol. The maximum atomic E-state index is 13.6. The normalized spacial score (nSPS) is 13.1. The Morgan fingerprint density at radius 1 is 0.689 bits per heavy atom. The lowest BCUT2D eigenvalue weighted by atomic mass is 10.00. The van der Waals surface area contributed by atoms with Crippen LogP contribution in [0.15, 0.2) is 84.9 Å². The zero-order chi connectivity index (χ0) is 33.0. The molecule has 0 saturated carbocycles. The van der Waals surface area contributed by atoms with Gasteiger partial charge in [-0.05, 0) is 49.4 Å². The highest BCUT2D eigenvalue weighted by Crippen LogP contribution is 2.20. The second-order valence-corrected chi connectivity index (χ2v) is 11.8. The number of rotatable bonds is 14. The number of nitrogens with two attached hydrogens (primary N) is 1. The molecule has 11 heteroatoms. The quantitative estimate of drug-likeness (QED) is 0.198. The number of ketones is 1. The van der Waals surface area contributed by atoms with Gasteiger partial charge in [-0.25, -0.2) is 4.79 Å². The summed E-state index contributed by atoms with van der Waals surface area (Å²) in [6.45, 7) is 5.06. The zero-order valence-corrected chi connectivity index (χ0v) is 26.3. The molecule has 238 valence electrons. The number of carbonyl (C=O) groups is 5. The van der Waals surface area contributed by atoms with Crippen LogP contribution >= 0.6 is 11.6 Å². The number of primary amides is 1. The van der Waals surface area contributed by atoms with E-state index in [1.54, 1.807) is 45.0 Å². The molecule has 10 nitrogen and oxygen atoms in total. The predicted octanol–water partition coefficient (Wildman–Crippen LogP) is 3.69. The Hall–Kier alpha value is -4.70. The van der Waals surface area contributed by atoms with Gasteiger partial charge in [-0.3, -0.25) is 19.2 Å². The van der Waals surface area contributed by atoms with Gasteiger partial charge >= 0.3 is 6.09 Å². The Labute approximate surface area is 268 Å². The van der Waals surface area contributed by atoms with Gasteiger partial charge in [0.2, 0.25) is 17.7 Å². The highest BCUT2D eigenvalue weighted by atomic mass is 35.5. The van der Waals surface area contributed by atoms with Gasteiger partial charge in [0.1, 0.15) is 17.7 Å². The van der Waals surface area contributed by atoms with Crippen LogP contribution in [-0.4, -0.2) is 59.2 Å². The molecule has 0 spiro atoms. The second kappa shape index (κ2) is 16.4. The SMILES string of the molecule is CC(C)(C)OC(=O)N[C@@H](Cc1ccc(-c2ccccc2)cc1)C(=O)N[C@@H](CC(N)=O)C(=O)N[C@@H](Cc1ccccc1)C(=O)CCl. The molecule has 3 aromatic rings. The molecule has 0 aliphatic carbocycles. The lowest BCUT2D eigenvalue weighted by Gasteiger charge is -2.26. The summed E-state index contributed by atoms with van der Waals surface area (Å²) in [5.74, 6) is -3.20. The van der Waals surface area contributed by atoms with Crippen LogP contribution in [0.5, 0.6) is 0 Å². The fraction of sp³-hybridized carbons (Fsp3) is 0.324. The number of carbonyl (C=O) groups excluding carboxylic acids is 5. The number of amides is 4. The average molecular weight is 635 g/mol. The maximum Gasteiger partial charge on any atom is 0.408 e. The van der Waals surface area contributed by atoms with E-state index in [0.717, 1.165) is 22.3 Å². The molecule has 0 aromatic heterocycles. The summed E-state index contributed by atoms with van der Waals surface area (Å²) in [5, 5.41) is 7.71. The standard InChI is InChI=1S/C34H39ClN4O6/c1-34(2,3)45-33(44)39-27(19-23-14-16-25(17-15-23)24-12-8-5-9-13-24)31(42)38-28(20-30(36)41)32(43)37-26(29(40)21-35)18-22-10-6-4-7-11-22/h4-17,26-28H,18-21H2,1-3H3,(H2,36,41)(H,37,43)(H,38,42)(H,39,44)/t26-,27-,28-/m0/s1. The molecule has 0 heterocycles. The van der Waals surface area contributed by atoms with Crippen molar-refractivity contribution in [2.45, 2.75) is 63.8 Å². The van der Waals surface area contributed by atoms with E-state index >= 15 is 0 Å². The number of alkyl carbamates (subject to hydrolysis) is 1. The van der Waals surface area contributed by atoms with Crippen LogP contribution in [-0.2, 0) is 36.8 Å². The van der Waals surface area contributed by atoms with Crippen LogP contribution in [0.1, 0.15) is 38.3 Å². The minimum atomic E-state index is -1.43. The van der Waals surface area contributed by atoms with E-state index in [-0.39, 0.29) is 18.7 Å². The second-order valence-electron chi connectivity index (χ2n) is 11.5. The maximum absolute atomic E-state index is 13.6. The lowest BCUT2D eigenvalue weighted by Crippen LogP contribution is -2.57. The van der Waals surface area contributed by atoms with Crippen molar-refractivity contribution in [1.29, 1.82) is 0 Å². The van der Waals surface area contributed by atoms with Crippen molar-refractivity contribution < 1.29 is 28.7 Å². The van der Waals surface area contributed by atoms with Crippen LogP contribution < -0.4 is 21.7 Å². The Morgan fingerprint density at radius 2 is 1.18 bits per heavy atom. The average Bonchev–Trinajstić information content (AvgIpc) is 2.99. The lowest BCUT2D eigenvalue weighted by molar-refractivity contribution is -0.133. The van der Waals surface area contributed by atoms with Gasteiger partial charge in [0.15, 0.2) is 5.78 Å². The number of alkyl halides is 1. The summed E-state index contributed by atoms with van der Waals surface area (Å²) in [4.78, 5) is 64.2. The summed E-state index contributed by atoms with van der Waals surface area (Å²) < 4.78 is 5.36. The van der Waals surface area contributed by atoms with Crippen molar-refractivity contribution >= 4 is 41.2 Å². The smallest absolute Gasteiger partial charge is 0.408 e. The number of ether oxygens (including phenoxy) is 1. The third-order valence-corrected chi connectivity index (χ3v) is 6.93. The largest absolute Gasteiger partial charge is 0.444 e. The molecule has 0 aliphatic rings. The van der Waals surface area contributed by atoms with Crippen LogP contribution in [0.3, 0.4) is 0 Å². The van der Waals surface area contributed by atoms with E-state index in [9.17, 15) is 24.0 Å². The topological polar surface area (TPSA) is 157 Å². The van der Waals surface area contributed by atoms with Gasteiger partial charge in [0.25, 0.3) is 0 Å². The molecule has 0 radical (unpaired) electrons. The van der Waals surface area contributed by atoms with E-state index in [1.807, 2.05) is 60.7 Å². The Bertz CT molecular complexity index is 1460. The first-order chi connectivity index (χ1) is 21.3. The molecule has 0 aliphatic heterocycles. The van der Waals surface area contributed by atoms with Gasteiger partial charge < -0.3 is 26.4 Å². The molecule has 0 saturated heterocycles. The molecule has 3 rings (SSSR count). The Morgan fingerprint density at radius 3 is 1.73 bits per heavy atom. The minimum Gasteiger partial charge on any atom is -0.444 e. The molecular weight excluding hydrogens is 596 g/mol. The van der Waals surface area contributed by atoms with Crippen LogP contribution in [0.2, 0.25) is 0 Å². The number of Topliss-reactive ketones (excluding diaryl/α,β-unsaturated/α-hetero) is 1. The Balaban J connectivity index is 1.81. The zero-order valence-electron chi connectivity index (χ0n) is 25.5. The van der Waals surface area contributed by atoms with Gasteiger partial charge in [0, 0.05) is 6.42 Å². The number of halogens is 1. The van der Waals surface area contributed by atoms with Crippen molar-refractivity contribution in [1.82, 2.24) is 16.0 Å². The highest BCUT2D eigenvalue weighted by Gasteiger charge is 2.31. The summed E-state index contributed by atoms with van der Waals surface area (Å²) in [6, 6.07) is 22.6. The highest BCUT2D eigenvalue weighted by molar-refractivity contribution is 6.28. The fourth-order valence-corrected chi connectivity index (χ4v) is 4.69. The summed E-state index contributed by atoms with van der Waals surface area (Å²) in [5.41, 5.74) is 8.06.